The van der Waals surface area contributed by atoms with Crippen molar-refractivity contribution in [2.45, 2.75) is 59.3 Å². The zero-order chi connectivity index (χ0) is 37.6. The first kappa shape index (κ1) is 37.3. The van der Waals surface area contributed by atoms with E-state index < -0.39 is 28.2 Å². The smallest absolute Gasteiger partial charge is 0.407 e. The number of nitrogens with one attached hydrogen (secondary N) is 1. The highest BCUT2D eigenvalue weighted by molar-refractivity contribution is 9.10. The quantitative estimate of drug-likeness (QED) is 0.0884. The summed E-state index contributed by atoms with van der Waals surface area (Å²) in [5, 5.41) is 21.9. The number of nitro groups is 1. The van der Waals surface area contributed by atoms with Gasteiger partial charge in [-0.3, -0.25) is 24.6 Å². The number of rotatable bonds is 11. The molecule has 0 bridgehead atoms. The van der Waals surface area contributed by atoms with Crippen LogP contribution in [0.3, 0.4) is 0 Å². The molecule has 0 saturated carbocycles. The number of benzene rings is 3. The molecule has 0 saturated heterocycles. The number of aromatic nitrogens is 2. The minimum absolute atomic E-state index is 0.0103. The third-order valence-electron chi connectivity index (χ3n) is 9.65. The van der Waals surface area contributed by atoms with Gasteiger partial charge in [0.1, 0.15) is 11.3 Å². The topological polar surface area (TPSA) is 168 Å². The minimum Gasteiger partial charge on any atom is -0.493 e. The van der Waals surface area contributed by atoms with E-state index in [0.29, 0.717) is 49.5 Å². The molecule has 1 atom stereocenters. The largest absolute Gasteiger partial charge is 0.493 e. The van der Waals surface area contributed by atoms with Gasteiger partial charge in [0.15, 0.2) is 11.5 Å². The van der Waals surface area contributed by atoms with Crippen LogP contribution in [0.15, 0.2) is 46.9 Å². The van der Waals surface area contributed by atoms with Crippen LogP contribution in [-0.4, -0.2) is 81.6 Å². The van der Waals surface area contributed by atoms with Crippen LogP contribution >= 0.6 is 15.9 Å². The molecule has 0 aliphatic carbocycles. The molecule has 2 N–H and O–H groups in total. The number of imide groups is 1. The van der Waals surface area contributed by atoms with Crippen molar-refractivity contribution in [3.8, 4) is 22.9 Å². The Hall–Kier alpha value is -4.98. The van der Waals surface area contributed by atoms with Gasteiger partial charge in [-0.15, -0.1) is 0 Å². The molecule has 5 rings (SSSR count). The summed E-state index contributed by atoms with van der Waals surface area (Å²) < 4.78 is 11.4. The number of carboxylic acid groups (broad SMARTS) is 1. The number of methoxy groups -OCH3 is 2. The van der Waals surface area contributed by atoms with Crippen molar-refractivity contribution in [1.29, 1.82) is 0 Å². The summed E-state index contributed by atoms with van der Waals surface area (Å²) in [5.41, 5.74) is 1.97. The van der Waals surface area contributed by atoms with E-state index in [-0.39, 0.29) is 48.6 Å². The van der Waals surface area contributed by atoms with Gasteiger partial charge >= 0.3 is 6.09 Å². The van der Waals surface area contributed by atoms with Crippen molar-refractivity contribution in [1.82, 2.24) is 19.8 Å². The lowest BCUT2D eigenvalue weighted by atomic mass is 9.76. The summed E-state index contributed by atoms with van der Waals surface area (Å²) in [7, 11) is 3.10. The predicted molar refractivity (Wildman–Crippen MR) is 196 cm³/mol. The number of carbonyl (C=O) groups is 3. The van der Waals surface area contributed by atoms with Gasteiger partial charge in [-0.25, -0.2) is 9.78 Å². The van der Waals surface area contributed by atoms with E-state index in [1.807, 2.05) is 32.9 Å². The molecule has 3 amide bonds. The van der Waals surface area contributed by atoms with E-state index in [0.717, 1.165) is 5.56 Å². The fourth-order valence-corrected chi connectivity index (χ4v) is 7.19. The van der Waals surface area contributed by atoms with Gasteiger partial charge in [-0.2, -0.15) is 0 Å². The predicted octanol–water partition coefficient (Wildman–Crippen LogP) is 7.69. The van der Waals surface area contributed by atoms with Crippen molar-refractivity contribution in [3.05, 3.63) is 79.3 Å². The second-order valence-corrected chi connectivity index (χ2v) is 15.2. The highest BCUT2D eigenvalue weighted by Gasteiger charge is 2.46. The van der Waals surface area contributed by atoms with Gasteiger partial charge in [0.25, 0.3) is 11.6 Å². The maximum Gasteiger partial charge on any atom is 0.407 e. The number of aromatic amines is 1. The second-order valence-electron chi connectivity index (χ2n) is 14.4. The molecule has 270 valence electrons. The van der Waals surface area contributed by atoms with Gasteiger partial charge in [0, 0.05) is 47.2 Å². The van der Waals surface area contributed by atoms with E-state index in [2.05, 4.69) is 25.9 Å². The molecule has 0 spiro atoms. The molecule has 1 unspecified atom stereocenters. The zero-order valence-electron chi connectivity index (χ0n) is 29.9. The molecule has 0 fully saturated rings. The maximum absolute atomic E-state index is 14.2. The fourth-order valence-electron chi connectivity index (χ4n) is 6.67. The third kappa shape index (κ3) is 7.01. The van der Waals surface area contributed by atoms with Crippen LogP contribution in [0, 0.1) is 22.5 Å². The number of imidazole rings is 1. The monoisotopic (exact) mass is 763 g/mol. The number of aryl methyl sites for hydroxylation is 1. The summed E-state index contributed by atoms with van der Waals surface area (Å²) in [6, 6.07) is 12.1. The van der Waals surface area contributed by atoms with Crippen molar-refractivity contribution < 1.29 is 33.9 Å². The molecule has 14 heteroatoms. The Kier molecular flexibility index (Phi) is 10.2. The van der Waals surface area contributed by atoms with Gasteiger partial charge < -0.3 is 24.5 Å². The number of nitro benzene ring substituents is 1. The van der Waals surface area contributed by atoms with Gasteiger partial charge in [-0.1, -0.05) is 39.0 Å². The van der Waals surface area contributed by atoms with Crippen LogP contribution in [0.25, 0.3) is 22.4 Å². The second kappa shape index (κ2) is 14.0. The van der Waals surface area contributed by atoms with Crippen LogP contribution in [0.4, 0.5) is 10.5 Å². The average molecular weight is 765 g/mol. The van der Waals surface area contributed by atoms with Crippen LogP contribution in [0.5, 0.6) is 11.5 Å². The number of hydrogen-bond acceptors (Lipinski definition) is 8. The Morgan fingerprint density at radius 1 is 1.12 bits per heavy atom. The number of ether oxygens (including phenoxy) is 2. The summed E-state index contributed by atoms with van der Waals surface area (Å²) >= 11 is 3.55. The van der Waals surface area contributed by atoms with Crippen molar-refractivity contribution in [3.63, 3.8) is 0 Å². The SMILES string of the molecule is COc1ccc(C(CN(CCCN2C(=O)c3c(cc(Br)c4nc(-c5ccc(C)c([N+](=O)[O-])c5)[nH]c34)C(C)(C)C2=O)C(=O)O)C(C)(C)C)cc1OC. The van der Waals surface area contributed by atoms with E-state index in [1.165, 1.54) is 15.9 Å². The van der Waals surface area contributed by atoms with Gasteiger partial charge in [0.05, 0.1) is 35.6 Å². The number of carbonyl (C=O) groups excluding carboxylic acids is 2. The number of halogens is 1. The molecule has 1 aliphatic rings. The molecule has 1 aliphatic heterocycles. The van der Waals surface area contributed by atoms with Crippen molar-refractivity contribution >= 4 is 50.6 Å². The van der Waals surface area contributed by atoms with Crippen LogP contribution in [0.1, 0.15) is 74.0 Å². The first-order valence-corrected chi connectivity index (χ1v) is 17.2. The lowest BCUT2D eigenvalue weighted by Gasteiger charge is -2.38. The van der Waals surface area contributed by atoms with Crippen LogP contribution in [0.2, 0.25) is 0 Å². The molecule has 2 heterocycles. The first-order chi connectivity index (χ1) is 23.9. The van der Waals surface area contributed by atoms with Crippen LogP contribution in [-0.2, 0) is 10.2 Å². The Balaban J connectivity index is 1.43. The summed E-state index contributed by atoms with van der Waals surface area (Å²) in [6.07, 6.45) is -0.904. The molecule has 13 nitrogen and oxygen atoms in total. The van der Waals surface area contributed by atoms with Crippen molar-refractivity contribution in [2.75, 3.05) is 33.9 Å². The summed E-state index contributed by atoms with van der Waals surface area (Å²) in [6.45, 7) is 11.5. The number of amides is 3. The normalized spacial score (nSPS) is 14.7. The first-order valence-electron chi connectivity index (χ1n) is 16.4. The van der Waals surface area contributed by atoms with Gasteiger partial charge in [0.2, 0.25) is 5.91 Å². The lowest BCUT2D eigenvalue weighted by molar-refractivity contribution is -0.385. The summed E-state index contributed by atoms with van der Waals surface area (Å²) in [4.78, 5) is 62.2. The molecule has 51 heavy (non-hydrogen) atoms. The van der Waals surface area contributed by atoms with Gasteiger partial charge in [-0.05, 0) is 77.9 Å². The minimum atomic E-state index is -1.11. The number of hydrogen-bond donors (Lipinski definition) is 2. The van der Waals surface area contributed by atoms with E-state index in [9.17, 15) is 29.6 Å². The lowest BCUT2D eigenvalue weighted by Crippen LogP contribution is -2.52. The Bertz CT molecular complexity index is 2050. The maximum atomic E-state index is 14.2. The number of fused-ring (bicyclic) bond motifs is 3. The highest BCUT2D eigenvalue weighted by Crippen LogP contribution is 2.42. The highest BCUT2D eigenvalue weighted by atomic mass is 79.9. The molecule has 3 aromatic carbocycles. The van der Waals surface area contributed by atoms with E-state index in [1.54, 1.807) is 59.3 Å². The molecular formula is C37H42BrN5O8. The zero-order valence-corrected chi connectivity index (χ0v) is 31.5. The average Bonchev–Trinajstić information content (AvgIpc) is 3.52. The molecular weight excluding hydrogens is 722 g/mol. The van der Waals surface area contributed by atoms with E-state index >= 15 is 0 Å². The van der Waals surface area contributed by atoms with Crippen LogP contribution < -0.4 is 9.47 Å². The summed E-state index contributed by atoms with van der Waals surface area (Å²) in [5.74, 6) is 0.294. The van der Waals surface area contributed by atoms with Crippen molar-refractivity contribution in [2.24, 2.45) is 5.41 Å². The number of H-pyrrole nitrogens is 1. The fraction of sp³-hybridized carbons (Fsp3) is 0.405. The molecule has 1 aromatic heterocycles. The Morgan fingerprint density at radius 2 is 1.80 bits per heavy atom. The van der Waals surface area contributed by atoms with E-state index in [4.69, 9.17) is 9.47 Å². The molecule has 0 radical (unpaired) electrons. The Labute approximate surface area is 304 Å². The molecule has 4 aromatic rings. The third-order valence-corrected chi connectivity index (χ3v) is 10.3. The number of nitrogens with zero attached hydrogens (tertiary/aromatic N) is 4. The standard InChI is InChI=1S/C37H42BrN5O8/c1-20-10-11-22(16-26(20)43(48)49)32-39-30-25(38)18-23-29(31(30)40-32)33(44)42(34(45)37(23,5)6)15-9-14-41(35(46)47)19-24(36(2,3)4)21-12-13-27(50-7)28(17-21)51-8/h10-13,16-18,24H,9,14-15,19H2,1-8H3,(H,39,40)(H,46,47). The Morgan fingerprint density at radius 3 is 2.41 bits per heavy atom.